The number of methoxy groups -OCH3 is 1. The molecular formula is C16H21N5O. The van der Waals surface area contributed by atoms with Crippen LogP contribution < -0.4 is 4.74 Å². The van der Waals surface area contributed by atoms with Crippen LogP contribution in [0.2, 0.25) is 0 Å². The minimum Gasteiger partial charge on any atom is -0.467 e. The zero-order chi connectivity index (χ0) is 15.4. The Morgan fingerprint density at radius 2 is 2.05 bits per heavy atom. The summed E-state index contributed by atoms with van der Waals surface area (Å²) in [6.07, 6.45) is 9.11. The molecule has 6 nitrogen and oxygen atoms in total. The van der Waals surface area contributed by atoms with E-state index in [-0.39, 0.29) is 0 Å². The number of hydrogen-bond acceptors (Lipinski definition) is 6. The van der Waals surface area contributed by atoms with Crippen LogP contribution in [-0.2, 0) is 6.54 Å². The second-order valence-corrected chi connectivity index (χ2v) is 5.59. The van der Waals surface area contributed by atoms with E-state index in [1.54, 1.807) is 7.11 Å². The average Bonchev–Trinajstić information content (AvgIpc) is 2.56. The maximum Gasteiger partial charge on any atom is 0.316 e. The van der Waals surface area contributed by atoms with Crippen LogP contribution in [0.4, 0.5) is 0 Å². The van der Waals surface area contributed by atoms with Gasteiger partial charge in [0.1, 0.15) is 5.82 Å². The molecule has 0 radical (unpaired) electrons. The fraction of sp³-hybridized carbons (Fsp3) is 0.500. The summed E-state index contributed by atoms with van der Waals surface area (Å²) in [5, 5.41) is 0. The molecule has 3 heterocycles. The second kappa shape index (κ2) is 6.79. The maximum atomic E-state index is 5.01. The smallest absolute Gasteiger partial charge is 0.316 e. The molecule has 116 valence electrons. The molecule has 22 heavy (non-hydrogen) atoms. The summed E-state index contributed by atoms with van der Waals surface area (Å²) in [6, 6.07) is 2.78. The van der Waals surface area contributed by atoms with Gasteiger partial charge in [-0.05, 0) is 32.4 Å². The first-order valence-corrected chi connectivity index (χ1v) is 7.65. The zero-order valence-corrected chi connectivity index (χ0v) is 13.1. The summed E-state index contributed by atoms with van der Waals surface area (Å²) in [5.74, 6) is 0.829. The highest BCUT2D eigenvalue weighted by atomic mass is 16.5. The van der Waals surface area contributed by atoms with Crippen molar-refractivity contribution in [2.24, 2.45) is 0 Å². The van der Waals surface area contributed by atoms with E-state index >= 15 is 0 Å². The predicted octanol–water partition coefficient (Wildman–Crippen LogP) is 2.31. The Labute approximate surface area is 130 Å². The van der Waals surface area contributed by atoms with E-state index in [0.29, 0.717) is 12.1 Å². The number of hydrogen-bond donors (Lipinski definition) is 0. The third kappa shape index (κ3) is 3.39. The Hall–Kier alpha value is -2.08. The summed E-state index contributed by atoms with van der Waals surface area (Å²) < 4.78 is 5.01. The number of piperidine rings is 1. The molecule has 2 aromatic rings. The first-order chi connectivity index (χ1) is 10.8. The summed E-state index contributed by atoms with van der Waals surface area (Å²) in [6.45, 7) is 3.84. The molecule has 1 aliphatic rings. The standard InChI is InChI=1S/C16H21N5O/c1-12-17-7-6-14(20-12)15-5-3-4-8-21(15)11-13-9-18-16(22-2)19-10-13/h6-7,9-10,15H,3-5,8,11H2,1-2H3/t15-/m0/s1. The largest absolute Gasteiger partial charge is 0.467 e. The van der Waals surface area contributed by atoms with Gasteiger partial charge in [-0.3, -0.25) is 4.90 Å². The molecule has 1 saturated heterocycles. The Bertz CT molecular complexity index is 616. The number of nitrogens with zero attached hydrogens (tertiary/aromatic N) is 5. The highest BCUT2D eigenvalue weighted by Crippen LogP contribution is 2.30. The van der Waals surface area contributed by atoms with Crippen LogP contribution in [0.25, 0.3) is 0 Å². The Balaban J connectivity index is 1.77. The van der Waals surface area contributed by atoms with Gasteiger partial charge in [0.2, 0.25) is 0 Å². The maximum absolute atomic E-state index is 5.01. The molecule has 0 spiro atoms. The van der Waals surface area contributed by atoms with E-state index in [1.165, 1.54) is 12.8 Å². The third-order valence-electron chi connectivity index (χ3n) is 4.00. The molecule has 0 amide bonds. The number of aryl methyl sites for hydroxylation is 1. The molecule has 0 N–H and O–H groups in total. The van der Waals surface area contributed by atoms with Gasteiger partial charge in [-0.2, -0.15) is 0 Å². The summed E-state index contributed by atoms with van der Waals surface area (Å²) in [5.41, 5.74) is 2.21. The molecule has 0 aliphatic carbocycles. The lowest BCUT2D eigenvalue weighted by molar-refractivity contribution is 0.136. The average molecular weight is 299 g/mol. The molecule has 1 atom stereocenters. The van der Waals surface area contributed by atoms with E-state index in [0.717, 1.165) is 36.6 Å². The topological polar surface area (TPSA) is 64.0 Å². The van der Waals surface area contributed by atoms with Crippen molar-refractivity contribution in [3.63, 3.8) is 0 Å². The van der Waals surface area contributed by atoms with E-state index in [2.05, 4.69) is 24.8 Å². The Kier molecular flexibility index (Phi) is 4.58. The normalized spacial score (nSPS) is 19.1. The van der Waals surface area contributed by atoms with Crippen LogP contribution in [0.1, 0.15) is 42.4 Å². The van der Waals surface area contributed by atoms with Gasteiger partial charge in [0, 0.05) is 30.7 Å². The molecule has 2 aromatic heterocycles. The quantitative estimate of drug-likeness (QED) is 0.863. The lowest BCUT2D eigenvalue weighted by Crippen LogP contribution is -2.33. The van der Waals surface area contributed by atoms with Gasteiger partial charge in [0.25, 0.3) is 0 Å². The van der Waals surface area contributed by atoms with Crippen molar-refractivity contribution in [3.8, 4) is 6.01 Å². The van der Waals surface area contributed by atoms with Gasteiger partial charge in [-0.1, -0.05) is 6.42 Å². The van der Waals surface area contributed by atoms with Crippen molar-refractivity contribution in [1.82, 2.24) is 24.8 Å². The zero-order valence-electron chi connectivity index (χ0n) is 13.1. The highest BCUT2D eigenvalue weighted by molar-refractivity contribution is 5.12. The molecular weight excluding hydrogens is 278 g/mol. The van der Waals surface area contributed by atoms with Gasteiger partial charge in [0.05, 0.1) is 18.8 Å². The van der Waals surface area contributed by atoms with Gasteiger partial charge in [-0.15, -0.1) is 0 Å². The van der Waals surface area contributed by atoms with Gasteiger partial charge >= 0.3 is 6.01 Å². The van der Waals surface area contributed by atoms with Crippen LogP contribution in [0.15, 0.2) is 24.7 Å². The van der Waals surface area contributed by atoms with E-state index in [4.69, 9.17) is 4.74 Å². The van der Waals surface area contributed by atoms with Gasteiger partial charge in [0.15, 0.2) is 0 Å². The summed E-state index contributed by atoms with van der Waals surface area (Å²) in [7, 11) is 1.58. The van der Waals surface area contributed by atoms with Crippen molar-refractivity contribution < 1.29 is 4.74 Å². The SMILES string of the molecule is COc1ncc(CN2CCCC[C@H]2c2ccnc(C)n2)cn1. The van der Waals surface area contributed by atoms with Gasteiger partial charge in [-0.25, -0.2) is 19.9 Å². The van der Waals surface area contributed by atoms with Crippen molar-refractivity contribution in [2.75, 3.05) is 13.7 Å². The van der Waals surface area contributed by atoms with E-state index < -0.39 is 0 Å². The molecule has 1 aliphatic heterocycles. The number of aromatic nitrogens is 4. The van der Waals surface area contributed by atoms with Crippen molar-refractivity contribution in [3.05, 3.63) is 41.7 Å². The molecule has 0 saturated carbocycles. The molecule has 0 aromatic carbocycles. The molecule has 1 fully saturated rings. The fourth-order valence-electron chi connectivity index (χ4n) is 2.94. The van der Waals surface area contributed by atoms with Crippen molar-refractivity contribution in [2.45, 2.75) is 38.8 Å². The number of rotatable bonds is 4. The minimum atomic E-state index is 0.345. The van der Waals surface area contributed by atoms with Crippen molar-refractivity contribution in [1.29, 1.82) is 0 Å². The number of ether oxygens (including phenoxy) is 1. The Morgan fingerprint density at radius 1 is 1.23 bits per heavy atom. The lowest BCUT2D eigenvalue weighted by Gasteiger charge is -2.35. The fourth-order valence-corrected chi connectivity index (χ4v) is 2.94. The third-order valence-corrected chi connectivity index (χ3v) is 4.00. The van der Waals surface area contributed by atoms with Crippen LogP contribution in [-0.4, -0.2) is 38.5 Å². The van der Waals surface area contributed by atoms with Crippen LogP contribution in [0.3, 0.4) is 0 Å². The summed E-state index contributed by atoms with van der Waals surface area (Å²) >= 11 is 0. The molecule has 0 bridgehead atoms. The molecule has 0 unspecified atom stereocenters. The predicted molar refractivity (Wildman–Crippen MR) is 82.4 cm³/mol. The molecule has 6 heteroatoms. The minimum absolute atomic E-state index is 0.345. The van der Waals surface area contributed by atoms with Crippen LogP contribution >= 0.6 is 0 Å². The van der Waals surface area contributed by atoms with Crippen LogP contribution in [0.5, 0.6) is 6.01 Å². The summed E-state index contributed by atoms with van der Waals surface area (Å²) in [4.78, 5) is 19.6. The first kappa shape index (κ1) is 14.8. The van der Waals surface area contributed by atoms with Gasteiger partial charge < -0.3 is 4.74 Å². The second-order valence-electron chi connectivity index (χ2n) is 5.59. The van der Waals surface area contributed by atoms with E-state index in [1.807, 2.05) is 31.6 Å². The number of likely N-dealkylation sites (tertiary alicyclic amines) is 1. The van der Waals surface area contributed by atoms with E-state index in [9.17, 15) is 0 Å². The lowest BCUT2D eigenvalue weighted by atomic mass is 9.98. The monoisotopic (exact) mass is 299 g/mol. The highest BCUT2D eigenvalue weighted by Gasteiger charge is 2.25. The first-order valence-electron chi connectivity index (χ1n) is 7.65. The Morgan fingerprint density at radius 3 is 2.77 bits per heavy atom. The van der Waals surface area contributed by atoms with Crippen molar-refractivity contribution >= 4 is 0 Å². The van der Waals surface area contributed by atoms with Crippen LogP contribution in [0, 0.1) is 6.92 Å². The molecule has 3 rings (SSSR count).